The maximum Gasteiger partial charge on any atom is 0.118 e. The van der Waals surface area contributed by atoms with Crippen molar-refractivity contribution in [2.45, 2.75) is 58.4 Å². The van der Waals surface area contributed by atoms with Crippen molar-refractivity contribution < 1.29 is 4.74 Å². The van der Waals surface area contributed by atoms with Crippen LogP contribution in [-0.4, -0.2) is 27.3 Å². The number of benzene rings is 1. The average Bonchev–Trinajstić information content (AvgIpc) is 2.34. The van der Waals surface area contributed by atoms with Gasteiger partial charge in [-0.2, -0.15) is 0 Å². The van der Waals surface area contributed by atoms with E-state index < -0.39 is 8.07 Å². The fraction of sp³-hybridized carbons (Fsp3) is 0.667. The summed E-state index contributed by atoms with van der Waals surface area (Å²) in [7, 11) is 0.666. The van der Waals surface area contributed by atoms with Gasteiger partial charge in [-0.3, -0.25) is 0 Å². The van der Waals surface area contributed by atoms with E-state index in [9.17, 15) is 0 Å². The Morgan fingerprint density at radius 3 is 2.10 bits per heavy atom. The molecule has 0 heterocycles. The van der Waals surface area contributed by atoms with Gasteiger partial charge in [-0.25, -0.2) is 0 Å². The fourth-order valence-corrected chi connectivity index (χ4v) is 4.65. The zero-order valence-corrected chi connectivity index (χ0v) is 15.9. The molecule has 0 radical (unpaired) electrons. The Balaban J connectivity index is 2.70. The summed E-state index contributed by atoms with van der Waals surface area (Å²) >= 11 is 0. The second-order valence-electron chi connectivity index (χ2n) is 8.31. The molecule has 120 valence electrons. The van der Waals surface area contributed by atoms with Crippen LogP contribution in [0.4, 0.5) is 0 Å². The maximum atomic E-state index is 5.24. The molecule has 0 aliphatic rings. The molecule has 1 rings (SSSR count). The van der Waals surface area contributed by atoms with E-state index in [2.05, 4.69) is 70.0 Å². The van der Waals surface area contributed by atoms with Crippen LogP contribution < -0.4 is 10.1 Å². The molecule has 1 aromatic rings. The van der Waals surface area contributed by atoms with Gasteiger partial charge in [0.25, 0.3) is 0 Å². The molecule has 3 heteroatoms. The van der Waals surface area contributed by atoms with Gasteiger partial charge in [-0.1, -0.05) is 37.8 Å². The molecule has 1 N–H and O–H groups in total. The van der Waals surface area contributed by atoms with Crippen LogP contribution in [0.3, 0.4) is 0 Å². The van der Waals surface area contributed by atoms with E-state index in [-0.39, 0.29) is 5.54 Å². The van der Waals surface area contributed by atoms with Crippen LogP contribution in [0, 0.1) is 5.92 Å². The standard InChI is InChI=1S/C18H33NOSi/c1-18(2,3)19-13-16(14-21(5,6)7)12-15-8-10-17(20-4)11-9-15/h8-11,16,19H,12-14H2,1-7H3. The van der Waals surface area contributed by atoms with Crippen molar-refractivity contribution in [2.75, 3.05) is 13.7 Å². The van der Waals surface area contributed by atoms with Crippen molar-refractivity contribution in [3.05, 3.63) is 29.8 Å². The van der Waals surface area contributed by atoms with Crippen LogP contribution in [0.2, 0.25) is 25.7 Å². The van der Waals surface area contributed by atoms with Crippen LogP contribution in [0.15, 0.2) is 24.3 Å². The van der Waals surface area contributed by atoms with Gasteiger partial charge in [0.05, 0.1) is 7.11 Å². The summed E-state index contributed by atoms with van der Waals surface area (Å²) in [6.07, 6.45) is 1.15. The summed E-state index contributed by atoms with van der Waals surface area (Å²) in [5.41, 5.74) is 1.60. The summed E-state index contributed by atoms with van der Waals surface area (Å²) in [6, 6.07) is 9.90. The average molecular weight is 308 g/mol. The van der Waals surface area contributed by atoms with Crippen LogP contribution in [0.1, 0.15) is 26.3 Å². The molecular weight excluding hydrogens is 274 g/mol. The molecule has 2 nitrogen and oxygen atoms in total. The predicted molar refractivity (Wildman–Crippen MR) is 96.1 cm³/mol. The highest BCUT2D eigenvalue weighted by molar-refractivity contribution is 6.76. The number of rotatable bonds is 7. The predicted octanol–water partition coefficient (Wildman–Crippen LogP) is 4.58. The lowest BCUT2D eigenvalue weighted by atomic mass is 9.99. The highest BCUT2D eigenvalue weighted by Crippen LogP contribution is 2.22. The van der Waals surface area contributed by atoms with Crippen LogP contribution in [0.25, 0.3) is 0 Å². The number of nitrogens with one attached hydrogen (secondary N) is 1. The lowest BCUT2D eigenvalue weighted by Crippen LogP contribution is -2.41. The first-order valence-corrected chi connectivity index (χ1v) is 11.7. The molecule has 1 aromatic carbocycles. The maximum absolute atomic E-state index is 5.24. The van der Waals surface area contributed by atoms with Crippen molar-refractivity contribution in [3.63, 3.8) is 0 Å². The molecule has 0 aromatic heterocycles. The zero-order valence-electron chi connectivity index (χ0n) is 14.9. The third kappa shape index (κ3) is 8.27. The van der Waals surface area contributed by atoms with Crippen LogP contribution in [-0.2, 0) is 6.42 Å². The highest BCUT2D eigenvalue weighted by Gasteiger charge is 2.22. The van der Waals surface area contributed by atoms with E-state index in [4.69, 9.17) is 4.74 Å². The first kappa shape index (κ1) is 18.2. The molecule has 21 heavy (non-hydrogen) atoms. The second-order valence-corrected chi connectivity index (χ2v) is 13.8. The topological polar surface area (TPSA) is 21.3 Å². The van der Waals surface area contributed by atoms with Crippen LogP contribution in [0.5, 0.6) is 5.75 Å². The first-order chi connectivity index (χ1) is 9.59. The van der Waals surface area contributed by atoms with E-state index in [0.717, 1.165) is 18.7 Å². The molecule has 0 amide bonds. The van der Waals surface area contributed by atoms with Crippen molar-refractivity contribution in [1.29, 1.82) is 0 Å². The van der Waals surface area contributed by atoms with Crippen LogP contribution >= 0.6 is 0 Å². The molecule has 0 spiro atoms. The lowest BCUT2D eigenvalue weighted by Gasteiger charge is -2.29. The Morgan fingerprint density at radius 2 is 1.67 bits per heavy atom. The summed E-state index contributed by atoms with van der Waals surface area (Å²) in [5, 5.41) is 3.68. The molecule has 0 aliphatic heterocycles. The van der Waals surface area contributed by atoms with E-state index in [0.29, 0.717) is 5.92 Å². The van der Waals surface area contributed by atoms with Gasteiger partial charge in [0.2, 0.25) is 0 Å². The Labute approximate surface area is 132 Å². The minimum atomic E-state index is -1.05. The molecule has 0 saturated carbocycles. The van der Waals surface area contributed by atoms with Gasteiger partial charge >= 0.3 is 0 Å². The summed E-state index contributed by atoms with van der Waals surface area (Å²) in [4.78, 5) is 0. The Hall–Kier alpha value is -0.803. The number of ether oxygens (including phenoxy) is 1. The minimum Gasteiger partial charge on any atom is -0.497 e. The van der Waals surface area contributed by atoms with E-state index >= 15 is 0 Å². The van der Waals surface area contributed by atoms with Crippen molar-refractivity contribution in [1.82, 2.24) is 5.32 Å². The normalized spacial score (nSPS) is 14.0. The van der Waals surface area contributed by atoms with Crippen molar-refractivity contribution in [3.8, 4) is 5.75 Å². The molecule has 1 atom stereocenters. The van der Waals surface area contributed by atoms with E-state index in [1.165, 1.54) is 11.6 Å². The lowest BCUT2D eigenvalue weighted by molar-refractivity contribution is 0.380. The summed E-state index contributed by atoms with van der Waals surface area (Å²) in [5.74, 6) is 1.65. The van der Waals surface area contributed by atoms with Gasteiger partial charge in [-0.05, 0) is 57.4 Å². The number of hydrogen-bond acceptors (Lipinski definition) is 2. The van der Waals surface area contributed by atoms with E-state index in [1.807, 2.05) is 0 Å². The quantitative estimate of drug-likeness (QED) is 0.744. The van der Waals surface area contributed by atoms with Crippen molar-refractivity contribution in [2.24, 2.45) is 5.92 Å². The Bertz CT molecular complexity index is 414. The molecule has 0 bridgehead atoms. The van der Waals surface area contributed by atoms with Gasteiger partial charge in [-0.15, -0.1) is 0 Å². The monoisotopic (exact) mass is 307 g/mol. The minimum absolute atomic E-state index is 0.192. The number of hydrogen-bond donors (Lipinski definition) is 1. The van der Waals surface area contributed by atoms with Gasteiger partial charge in [0.1, 0.15) is 5.75 Å². The van der Waals surface area contributed by atoms with Gasteiger partial charge < -0.3 is 10.1 Å². The largest absolute Gasteiger partial charge is 0.497 e. The second kappa shape index (κ2) is 7.46. The molecule has 0 aliphatic carbocycles. The smallest absolute Gasteiger partial charge is 0.118 e. The third-order valence-electron chi connectivity index (χ3n) is 3.51. The number of methoxy groups -OCH3 is 1. The summed E-state index contributed by atoms with van der Waals surface area (Å²) < 4.78 is 5.24. The van der Waals surface area contributed by atoms with E-state index in [1.54, 1.807) is 7.11 Å². The molecule has 0 saturated heterocycles. The van der Waals surface area contributed by atoms with Gasteiger partial charge in [0.15, 0.2) is 0 Å². The molecule has 0 fully saturated rings. The molecular formula is C18H33NOSi. The van der Waals surface area contributed by atoms with Crippen molar-refractivity contribution >= 4 is 8.07 Å². The highest BCUT2D eigenvalue weighted by atomic mass is 28.3. The third-order valence-corrected chi connectivity index (χ3v) is 5.31. The van der Waals surface area contributed by atoms with Gasteiger partial charge in [0, 0.05) is 13.6 Å². The summed E-state index contributed by atoms with van der Waals surface area (Å²) in [6.45, 7) is 15.2. The fourth-order valence-electron chi connectivity index (χ4n) is 2.63. The molecule has 1 unspecified atom stereocenters. The SMILES string of the molecule is COc1ccc(CC(CNC(C)(C)C)C[Si](C)(C)C)cc1. The first-order valence-electron chi connectivity index (χ1n) is 7.97. The zero-order chi connectivity index (χ0) is 16.1. The Kier molecular flexibility index (Phi) is 6.48. The Morgan fingerprint density at radius 1 is 1.10 bits per heavy atom.